The van der Waals surface area contributed by atoms with Gasteiger partial charge < -0.3 is 14.4 Å². The Morgan fingerprint density at radius 2 is 1.97 bits per heavy atom. The van der Waals surface area contributed by atoms with Crippen molar-refractivity contribution in [2.45, 2.75) is 45.3 Å². The van der Waals surface area contributed by atoms with Gasteiger partial charge >= 0.3 is 6.09 Å². The van der Waals surface area contributed by atoms with E-state index in [1.54, 1.807) is 9.58 Å². The van der Waals surface area contributed by atoms with Crippen LogP contribution in [0.15, 0.2) is 30.7 Å². The third kappa shape index (κ3) is 4.83. The number of carbonyl (C=O) groups excluding carboxylic acids is 1. The minimum absolute atomic E-state index is 0.0000442. The molecule has 1 fully saturated rings. The largest absolute Gasteiger partial charge is 0.444 e. The number of benzene rings is 1. The molecule has 3 heterocycles. The highest BCUT2D eigenvalue weighted by Crippen LogP contribution is 2.32. The number of carbonyl (C=O) groups is 1. The number of rotatable bonds is 4. The van der Waals surface area contributed by atoms with E-state index in [0.29, 0.717) is 37.0 Å². The summed E-state index contributed by atoms with van der Waals surface area (Å²) in [7, 11) is 0. The Hall–Kier alpha value is -3.83. The first-order valence-electron chi connectivity index (χ1n) is 10.4. The summed E-state index contributed by atoms with van der Waals surface area (Å²) < 4.78 is 27.0. The first-order chi connectivity index (χ1) is 15.6. The number of nitro benzene ring substituents is 1. The zero-order chi connectivity index (χ0) is 23.8. The highest BCUT2D eigenvalue weighted by Gasteiger charge is 2.29. The van der Waals surface area contributed by atoms with E-state index in [2.05, 4.69) is 15.1 Å². The normalized spacial score (nSPS) is 15.0. The number of aromatic nitrogens is 4. The Morgan fingerprint density at radius 1 is 1.24 bits per heavy atom. The van der Waals surface area contributed by atoms with Crippen molar-refractivity contribution in [1.29, 1.82) is 0 Å². The summed E-state index contributed by atoms with van der Waals surface area (Å²) in [5.74, 6) is -0.984. The lowest BCUT2D eigenvalue weighted by Gasteiger charge is -2.33. The van der Waals surface area contributed by atoms with E-state index in [4.69, 9.17) is 9.47 Å². The molecule has 33 heavy (non-hydrogen) atoms. The number of hydrogen-bond donors (Lipinski definition) is 0. The second-order valence-corrected chi connectivity index (χ2v) is 8.68. The minimum atomic E-state index is -0.877. The van der Waals surface area contributed by atoms with Gasteiger partial charge in [0, 0.05) is 19.2 Å². The van der Waals surface area contributed by atoms with Gasteiger partial charge in [-0.15, -0.1) is 0 Å². The monoisotopic (exact) mass is 458 g/mol. The van der Waals surface area contributed by atoms with E-state index in [-0.39, 0.29) is 29.5 Å². The van der Waals surface area contributed by atoms with Gasteiger partial charge in [0.2, 0.25) is 5.88 Å². The minimum Gasteiger partial charge on any atom is -0.444 e. The van der Waals surface area contributed by atoms with Crippen LogP contribution < -0.4 is 4.74 Å². The molecule has 0 N–H and O–H groups in total. The number of nitrogens with zero attached hydrogens (tertiary/aromatic N) is 6. The molecule has 0 unspecified atom stereocenters. The van der Waals surface area contributed by atoms with Gasteiger partial charge in [-0.1, -0.05) is 0 Å². The Balaban J connectivity index is 1.50. The third-order valence-corrected chi connectivity index (χ3v) is 5.15. The summed E-state index contributed by atoms with van der Waals surface area (Å²) in [4.78, 5) is 32.5. The van der Waals surface area contributed by atoms with E-state index in [0.717, 1.165) is 12.1 Å². The van der Waals surface area contributed by atoms with Crippen LogP contribution in [0.25, 0.3) is 11.0 Å². The molecule has 1 amide bonds. The summed E-state index contributed by atoms with van der Waals surface area (Å²) in [5, 5.41) is 15.7. The first kappa shape index (κ1) is 22.4. The summed E-state index contributed by atoms with van der Waals surface area (Å²) in [5.41, 5.74) is -0.418. The van der Waals surface area contributed by atoms with Crippen LogP contribution in [-0.2, 0) is 4.74 Å². The molecule has 1 aliphatic rings. The smallest absolute Gasteiger partial charge is 0.410 e. The average Bonchev–Trinajstić information content (AvgIpc) is 3.19. The van der Waals surface area contributed by atoms with Crippen molar-refractivity contribution in [3.05, 3.63) is 46.7 Å². The average molecular weight is 458 g/mol. The van der Waals surface area contributed by atoms with Crippen LogP contribution in [0, 0.1) is 15.9 Å². The molecule has 2 aromatic heterocycles. The van der Waals surface area contributed by atoms with Gasteiger partial charge in [-0.2, -0.15) is 5.10 Å². The molecule has 0 bridgehead atoms. The summed E-state index contributed by atoms with van der Waals surface area (Å²) in [6.07, 6.45) is 3.80. The number of non-ortho nitro benzene ring substituents is 1. The van der Waals surface area contributed by atoms with Crippen molar-refractivity contribution in [2.75, 3.05) is 13.1 Å². The van der Waals surface area contributed by atoms with Gasteiger partial charge in [-0.25, -0.2) is 23.8 Å². The number of ether oxygens (including phenoxy) is 2. The number of likely N-dealkylation sites (tertiary alicyclic amines) is 1. The molecular formula is C21H23FN6O5. The van der Waals surface area contributed by atoms with Crippen LogP contribution in [0.4, 0.5) is 14.9 Å². The summed E-state index contributed by atoms with van der Waals surface area (Å²) >= 11 is 0. The molecule has 4 rings (SSSR count). The summed E-state index contributed by atoms with van der Waals surface area (Å²) in [6.45, 7) is 6.52. The van der Waals surface area contributed by atoms with Gasteiger partial charge in [0.1, 0.15) is 17.3 Å². The predicted molar refractivity (Wildman–Crippen MR) is 115 cm³/mol. The van der Waals surface area contributed by atoms with Gasteiger partial charge in [0.25, 0.3) is 5.69 Å². The van der Waals surface area contributed by atoms with Crippen molar-refractivity contribution >= 4 is 22.8 Å². The van der Waals surface area contributed by atoms with Gasteiger partial charge in [0.15, 0.2) is 17.2 Å². The number of hydrogen-bond acceptors (Lipinski definition) is 8. The molecule has 0 spiro atoms. The fraction of sp³-hybridized carbons (Fsp3) is 0.429. The van der Waals surface area contributed by atoms with Crippen LogP contribution in [0.1, 0.15) is 39.7 Å². The molecule has 0 aliphatic carbocycles. The topological polar surface area (TPSA) is 126 Å². The van der Waals surface area contributed by atoms with E-state index in [9.17, 15) is 19.3 Å². The lowest BCUT2D eigenvalue weighted by atomic mass is 10.1. The van der Waals surface area contributed by atoms with Crippen LogP contribution >= 0.6 is 0 Å². The van der Waals surface area contributed by atoms with Gasteiger partial charge in [0.05, 0.1) is 23.2 Å². The van der Waals surface area contributed by atoms with E-state index in [1.165, 1.54) is 18.6 Å². The molecular weight excluding hydrogens is 435 g/mol. The fourth-order valence-corrected chi connectivity index (χ4v) is 3.60. The first-order valence-corrected chi connectivity index (χ1v) is 10.4. The summed E-state index contributed by atoms with van der Waals surface area (Å²) in [6, 6.07) is 3.12. The third-order valence-electron chi connectivity index (χ3n) is 5.15. The molecule has 174 valence electrons. The van der Waals surface area contributed by atoms with Crippen molar-refractivity contribution in [2.24, 2.45) is 0 Å². The number of fused-ring (bicyclic) bond motifs is 1. The number of piperidine rings is 1. The number of nitro groups is 1. The van der Waals surface area contributed by atoms with Crippen molar-refractivity contribution in [3.63, 3.8) is 0 Å². The van der Waals surface area contributed by atoms with Crippen LogP contribution in [0.3, 0.4) is 0 Å². The zero-order valence-electron chi connectivity index (χ0n) is 18.4. The fourth-order valence-electron chi connectivity index (χ4n) is 3.60. The Labute approximate surface area is 188 Å². The maximum absolute atomic E-state index is 14.3. The van der Waals surface area contributed by atoms with E-state index >= 15 is 0 Å². The van der Waals surface area contributed by atoms with E-state index < -0.39 is 16.3 Å². The van der Waals surface area contributed by atoms with E-state index in [1.807, 2.05) is 20.8 Å². The molecule has 3 aromatic rings. The van der Waals surface area contributed by atoms with Crippen molar-refractivity contribution in [3.8, 4) is 11.6 Å². The molecule has 0 atom stereocenters. The highest BCUT2D eigenvalue weighted by atomic mass is 19.1. The molecule has 1 saturated heterocycles. The second-order valence-electron chi connectivity index (χ2n) is 8.68. The Morgan fingerprint density at radius 3 is 2.61 bits per heavy atom. The zero-order valence-corrected chi connectivity index (χ0v) is 18.4. The quantitative estimate of drug-likeness (QED) is 0.420. The SMILES string of the molecule is CC(C)(C)OC(=O)N1CCC(n2ncc3c(Oc4ccc([N+](=O)[O-])cc4F)ncnc32)CC1. The van der Waals surface area contributed by atoms with Gasteiger partial charge in [-0.05, 0) is 39.7 Å². The standard InChI is InChI=1S/C21H23FN6O5/c1-21(2,3)33-20(29)26-8-6-13(7-9-26)27-18-15(11-25-27)19(24-12-23-18)32-17-5-4-14(28(30)31)10-16(17)22/h4-5,10-13H,6-9H2,1-3H3. The Kier molecular flexibility index (Phi) is 5.83. The van der Waals surface area contributed by atoms with Crippen molar-refractivity contribution < 1.29 is 23.6 Å². The van der Waals surface area contributed by atoms with Crippen LogP contribution in [-0.4, -0.2) is 54.4 Å². The second kappa shape index (κ2) is 8.60. The number of amides is 1. The van der Waals surface area contributed by atoms with Crippen molar-refractivity contribution in [1.82, 2.24) is 24.6 Å². The van der Waals surface area contributed by atoms with Crippen LogP contribution in [0.2, 0.25) is 0 Å². The molecule has 1 aromatic carbocycles. The maximum atomic E-state index is 14.3. The lowest BCUT2D eigenvalue weighted by molar-refractivity contribution is -0.385. The molecule has 1 aliphatic heterocycles. The number of halogens is 1. The maximum Gasteiger partial charge on any atom is 0.410 e. The molecule has 11 nitrogen and oxygen atoms in total. The lowest BCUT2D eigenvalue weighted by Crippen LogP contribution is -2.42. The highest BCUT2D eigenvalue weighted by molar-refractivity contribution is 5.80. The van der Waals surface area contributed by atoms with Crippen LogP contribution in [0.5, 0.6) is 11.6 Å². The Bertz CT molecular complexity index is 1200. The molecule has 0 radical (unpaired) electrons. The predicted octanol–water partition coefficient (Wildman–Crippen LogP) is 4.24. The molecule has 0 saturated carbocycles. The van der Waals surface area contributed by atoms with Gasteiger partial charge in [-0.3, -0.25) is 10.1 Å². The molecule has 12 heteroatoms.